The summed E-state index contributed by atoms with van der Waals surface area (Å²) < 4.78 is 66.6. The molecule has 0 spiro atoms. The predicted octanol–water partition coefficient (Wildman–Crippen LogP) is 2.86. The van der Waals surface area contributed by atoms with E-state index in [1.807, 2.05) is 0 Å². The van der Waals surface area contributed by atoms with Crippen LogP contribution in [0, 0.1) is 30.2 Å². The van der Waals surface area contributed by atoms with E-state index in [-0.39, 0.29) is 0 Å². The number of hydrogen-bond acceptors (Lipinski definition) is 1. The minimum atomic E-state index is -1.74. The van der Waals surface area contributed by atoms with Crippen LogP contribution in [-0.2, 0) is 0 Å². The third-order valence-corrected chi connectivity index (χ3v) is 1.64. The second-order valence-electron chi connectivity index (χ2n) is 2.46. The van der Waals surface area contributed by atoms with E-state index in [0.717, 1.165) is 6.92 Å². The van der Waals surface area contributed by atoms with Gasteiger partial charge < -0.3 is 4.74 Å². The molecular formula is C8H5F5O. The van der Waals surface area contributed by atoms with Gasteiger partial charge in [0.1, 0.15) is 0 Å². The van der Waals surface area contributed by atoms with Crippen molar-refractivity contribution >= 4 is 0 Å². The first-order chi connectivity index (χ1) is 6.50. The third-order valence-electron chi connectivity index (χ3n) is 1.64. The summed E-state index contributed by atoms with van der Waals surface area (Å²) in [6.45, 7) is -0.716. The van der Waals surface area contributed by atoms with Crippen LogP contribution >= 0.6 is 0 Å². The summed E-state index contributed by atoms with van der Waals surface area (Å²) in [4.78, 5) is 0. The molecule has 0 amide bonds. The van der Waals surface area contributed by atoms with Crippen molar-refractivity contribution in [3.63, 3.8) is 0 Å². The SMILES string of the molecule is Cc1c(F)c(F)c(OCF)c(F)c1F. The number of rotatable bonds is 2. The molecular weight excluding hydrogens is 207 g/mol. The van der Waals surface area contributed by atoms with Crippen LogP contribution in [0.1, 0.15) is 5.56 Å². The van der Waals surface area contributed by atoms with Gasteiger partial charge in [-0.2, -0.15) is 8.78 Å². The summed E-state index contributed by atoms with van der Waals surface area (Å²) in [6, 6.07) is 0. The minimum absolute atomic E-state index is 0.814. The molecule has 0 saturated heterocycles. The summed E-state index contributed by atoms with van der Waals surface area (Å²) in [5.74, 6) is -8.04. The van der Waals surface area contributed by atoms with Gasteiger partial charge in [0, 0.05) is 5.56 Å². The Bertz CT molecular complexity index is 334. The van der Waals surface area contributed by atoms with Crippen LogP contribution in [0.15, 0.2) is 0 Å². The Morgan fingerprint density at radius 2 is 1.36 bits per heavy atom. The Morgan fingerprint density at radius 1 is 0.929 bits per heavy atom. The van der Waals surface area contributed by atoms with E-state index < -0.39 is 41.4 Å². The maximum Gasteiger partial charge on any atom is 0.228 e. The van der Waals surface area contributed by atoms with Gasteiger partial charge in [0.25, 0.3) is 0 Å². The number of hydrogen-bond donors (Lipinski definition) is 0. The largest absolute Gasteiger partial charge is 0.457 e. The molecule has 0 heterocycles. The smallest absolute Gasteiger partial charge is 0.228 e. The quantitative estimate of drug-likeness (QED) is 0.541. The molecule has 0 bridgehead atoms. The van der Waals surface area contributed by atoms with E-state index in [4.69, 9.17) is 0 Å². The Hall–Kier alpha value is -1.33. The van der Waals surface area contributed by atoms with Crippen LogP contribution in [0.25, 0.3) is 0 Å². The van der Waals surface area contributed by atoms with Crippen molar-refractivity contribution in [1.82, 2.24) is 0 Å². The van der Waals surface area contributed by atoms with Gasteiger partial charge in [-0.25, -0.2) is 13.2 Å². The number of alkyl halides is 1. The van der Waals surface area contributed by atoms with Crippen molar-refractivity contribution in [2.75, 3.05) is 6.86 Å². The number of benzene rings is 1. The third kappa shape index (κ3) is 1.51. The zero-order valence-corrected chi connectivity index (χ0v) is 7.01. The summed E-state index contributed by atoms with van der Waals surface area (Å²) >= 11 is 0. The molecule has 78 valence electrons. The second-order valence-corrected chi connectivity index (χ2v) is 2.46. The van der Waals surface area contributed by atoms with Crippen molar-refractivity contribution in [3.8, 4) is 5.75 Å². The number of ether oxygens (including phenoxy) is 1. The van der Waals surface area contributed by atoms with Crippen LogP contribution in [-0.4, -0.2) is 6.86 Å². The molecule has 0 aliphatic carbocycles. The highest BCUT2D eigenvalue weighted by Crippen LogP contribution is 2.29. The van der Waals surface area contributed by atoms with E-state index in [1.54, 1.807) is 0 Å². The van der Waals surface area contributed by atoms with E-state index >= 15 is 0 Å². The monoisotopic (exact) mass is 212 g/mol. The van der Waals surface area contributed by atoms with Crippen molar-refractivity contribution in [2.24, 2.45) is 0 Å². The van der Waals surface area contributed by atoms with E-state index in [2.05, 4.69) is 4.74 Å². The van der Waals surface area contributed by atoms with Gasteiger partial charge in [-0.1, -0.05) is 0 Å². The maximum absolute atomic E-state index is 12.8. The first-order valence-corrected chi connectivity index (χ1v) is 3.52. The second kappa shape index (κ2) is 3.81. The zero-order valence-electron chi connectivity index (χ0n) is 7.01. The van der Waals surface area contributed by atoms with Gasteiger partial charge in [0.05, 0.1) is 0 Å². The Balaban J connectivity index is 3.43. The molecule has 6 heteroatoms. The van der Waals surface area contributed by atoms with Crippen LogP contribution < -0.4 is 4.74 Å². The molecule has 1 aromatic carbocycles. The fraction of sp³-hybridized carbons (Fsp3) is 0.250. The molecule has 0 aromatic heterocycles. The summed E-state index contributed by atoms with van der Waals surface area (Å²) in [5.41, 5.74) is -0.814. The lowest BCUT2D eigenvalue weighted by Crippen LogP contribution is -2.05. The molecule has 0 unspecified atom stereocenters. The van der Waals surface area contributed by atoms with Crippen molar-refractivity contribution in [1.29, 1.82) is 0 Å². The predicted molar refractivity (Wildman–Crippen MR) is 37.6 cm³/mol. The highest BCUT2D eigenvalue weighted by molar-refractivity contribution is 5.33. The van der Waals surface area contributed by atoms with Crippen LogP contribution in [0.2, 0.25) is 0 Å². The Kier molecular flexibility index (Phi) is 2.93. The Morgan fingerprint density at radius 3 is 1.71 bits per heavy atom. The van der Waals surface area contributed by atoms with Gasteiger partial charge in [-0.15, -0.1) is 0 Å². The van der Waals surface area contributed by atoms with Gasteiger partial charge >= 0.3 is 0 Å². The molecule has 14 heavy (non-hydrogen) atoms. The molecule has 1 nitrogen and oxygen atoms in total. The van der Waals surface area contributed by atoms with Gasteiger partial charge in [0.2, 0.25) is 18.5 Å². The molecule has 1 aromatic rings. The molecule has 0 atom stereocenters. The molecule has 0 N–H and O–H groups in total. The molecule has 0 radical (unpaired) electrons. The molecule has 1 rings (SSSR count). The zero-order chi connectivity index (χ0) is 10.9. The molecule has 0 fully saturated rings. The fourth-order valence-corrected chi connectivity index (χ4v) is 0.903. The minimum Gasteiger partial charge on any atom is -0.457 e. The molecule has 0 aliphatic heterocycles. The van der Waals surface area contributed by atoms with E-state index in [1.165, 1.54) is 0 Å². The topological polar surface area (TPSA) is 9.23 Å². The van der Waals surface area contributed by atoms with Gasteiger partial charge in [-0.3, -0.25) is 0 Å². The first kappa shape index (κ1) is 10.7. The normalized spacial score (nSPS) is 10.4. The lowest BCUT2D eigenvalue weighted by Gasteiger charge is -2.08. The van der Waals surface area contributed by atoms with Gasteiger partial charge in [-0.05, 0) is 6.92 Å². The molecule has 0 saturated carbocycles. The van der Waals surface area contributed by atoms with Gasteiger partial charge in [0.15, 0.2) is 17.4 Å². The average molecular weight is 212 g/mol. The van der Waals surface area contributed by atoms with Crippen molar-refractivity contribution < 1.29 is 26.7 Å². The van der Waals surface area contributed by atoms with Crippen molar-refractivity contribution in [2.45, 2.75) is 6.92 Å². The van der Waals surface area contributed by atoms with E-state index in [0.29, 0.717) is 0 Å². The first-order valence-electron chi connectivity index (χ1n) is 3.52. The van der Waals surface area contributed by atoms with Crippen LogP contribution in [0.3, 0.4) is 0 Å². The highest BCUT2D eigenvalue weighted by atomic mass is 19.2. The number of halogens is 5. The van der Waals surface area contributed by atoms with Crippen LogP contribution in [0.4, 0.5) is 22.0 Å². The Labute approximate surface area is 76.1 Å². The highest BCUT2D eigenvalue weighted by Gasteiger charge is 2.24. The summed E-state index contributed by atoms with van der Waals surface area (Å²) in [6.07, 6.45) is 0. The summed E-state index contributed by atoms with van der Waals surface area (Å²) in [7, 11) is 0. The molecule has 0 aliphatic rings. The van der Waals surface area contributed by atoms with E-state index in [9.17, 15) is 22.0 Å². The lowest BCUT2D eigenvalue weighted by atomic mass is 10.2. The fourth-order valence-electron chi connectivity index (χ4n) is 0.903. The van der Waals surface area contributed by atoms with Crippen LogP contribution in [0.5, 0.6) is 5.75 Å². The summed E-state index contributed by atoms with van der Waals surface area (Å²) in [5, 5.41) is 0. The van der Waals surface area contributed by atoms with Crippen molar-refractivity contribution in [3.05, 3.63) is 28.8 Å². The lowest BCUT2D eigenvalue weighted by molar-refractivity contribution is 0.171. The average Bonchev–Trinajstić information content (AvgIpc) is 2.19. The standard InChI is InChI=1S/C8H5F5O/c1-3-4(10)6(12)8(14-2-9)7(13)5(3)11/h2H2,1H3. The maximum atomic E-state index is 12.8.